The zero-order chi connectivity index (χ0) is 21.3. The fourth-order valence-electron chi connectivity index (χ4n) is 3.61. The first-order chi connectivity index (χ1) is 14.8. The largest absolute Gasteiger partial charge is 0.464 e. The van der Waals surface area contributed by atoms with Gasteiger partial charge in [0.1, 0.15) is 12.7 Å². The summed E-state index contributed by atoms with van der Waals surface area (Å²) in [7, 11) is 0. The molecule has 0 fully saturated rings. The molecule has 0 N–H and O–H groups in total. The van der Waals surface area contributed by atoms with Gasteiger partial charge in [-0.1, -0.05) is 125 Å². The van der Waals surface area contributed by atoms with Gasteiger partial charge >= 0.3 is 5.97 Å². The van der Waals surface area contributed by atoms with Crippen molar-refractivity contribution in [3.8, 4) is 0 Å². The smallest absolute Gasteiger partial charge is 0.332 e. The molecular formula is C27H38O3. The molecule has 2 aromatic carbocycles. The van der Waals surface area contributed by atoms with E-state index in [2.05, 4.69) is 6.92 Å². The van der Waals surface area contributed by atoms with Crippen LogP contribution in [0.25, 0.3) is 0 Å². The molecule has 3 nitrogen and oxygen atoms in total. The summed E-state index contributed by atoms with van der Waals surface area (Å²) in [5, 5.41) is 0. The third kappa shape index (κ3) is 10.1. The lowest BCUT2D eigenvalue weighted by Crippen LogP contribution is -2.17. The molecule has 0 saturated heterocycles. The van der Waals surface area contributed by atoms with E-state index in [1.807, 2.05) is 60.7 Å². The van der Waals surface area contributed by atoms with Crippen molar-refractivity contribution in [1.29, 1.82) is 0 Å². The van der Waals surface area contributed by atoms with Crippen LogP contribution in [0.4, 0.5) is 0 Å². The number of rotatable bonds is 16. The average molecular weight is 411 g/mol. The third-order valence-electron chi connectivity index (χ3n) is 5.33. The Balaban J connectivity index is 1.60. The summed E-state index contributed by atoms with van der Waals surface area (Å²) in [6, 6.07) is 20.0. The highest BCUT2D eigenvalue weighted by molar-refractivity contribution is 5.70. The predicted octanol–water partition coefficient (Wildman–Crippen LogP) is 7.26. The van der Waals surface area contributed by atoms with E-state index in [-0.39, 0.29) is 18.7 Å². The Morgan fingerprint density at radius 1 is 0.700 bits per heavy atom. The van der Waals surface area contributed by atoms with E-state index in [0.717, 1.165) is 24.0 Å². The van der Waals surface area contributed by atoms with Crippen molar-refractivity contribution in [2.75, 3.05) is 13.2 Å². The van der Waals surface area contributed by atoms with Gasteiger partial charge in [-0.2, -0.15) is 0 Å². The third-order valence-corrected chi connectivity index (χ3v) is 5.33. The molecular weight excluding hydrogens is 372 g/mol. The molecule has 0 aliphatic carbocycles. The second-order valence-electron chi connectivity index (χ2n) is 7.91. The van der Waals surface area contributed by atoms with Crippen molar-refractivity contribution in [2.45, 2.75) is 77.2 Å². The number of carbonyl (C=O) groups excluding carboxylic acids is 1. The number of esters is 1. The Hall–Kier alpha value is -2.13. The highest BCUT2D eigenvalue weighted by Gasteiger charge is 2.16. The Morgan fingerprint density at radius 2 is 1.17 bits per heavy atom. The molecule has 0 amide bonds. The summed E-state index contributed by atoms with van der Waals surface area (Å²) in [4.78, 5) is 12.1. The lowest BCUT2D eigenvalue weighted by molar-refractivity contribution is -0.150. The Kier molecular flexibility index (Phi) is 12.6. The maximum absolute atomic E-state index is 12.1. The zero-order valence-corrected chi connectivity index (χ0v) is 18.6. The van der Waals surface area contributed by atoms with Crippen molar-refractivity contribution < 1.29 is 14.3 Å². The summed E-state index contributed by atoms with van der Waals surface area (Å²) in [5.74, 6) is -0.289. The molecule has 0 atom stereocenters. The molecule has 0 spiro atoms. The normalized spacial score (nSPS) is 11.0. The molecule has 0 aliphatic rings. The number of hydrogen-bond acceptors (Lipinski definition) is 3. The van der Waals surface area contributed by atoms with E-state index in [4.69, 9.17) is 9.47 Å². The fraction of sp³-hybridized carbons (Fsp3) is 0.519. The van der Waals surface area contributed by atoms with Gasteiger partial charge in [0.15, 0.2) is 0 Å². The first-order valence-corrected chi connectivity index (χ1v) is 11.7. The Morgan fingerprint density at radius 3 is 1.67 bits per heavy atom. The molecule has 164 valence electrons. The van der Waals surface area contributed by atoms with Gasteiger partial charge in [-0.15, -0.1) is 0 Å². The summed E-state index contributed by atoms with van der Waals surface area (Å²) in [6.07, 6.45) is 12.4. The maximum Gasteiger partial charge on any atom is 0.332 e. The SMILES string of the molecule is CCCCCCCCCCCCOC(=O)COC(c1ccccc1)c1ccccc1. The van der Waals surface area contributed by atoms with Crippen LogP contribution in [0.15, 0.2) is 60.7 Å². The molecule has 0 radical (unpaired) electrons. The van der Waals surface area contributed by atoms with Gasteiger partial charge in [0.05, 0.1) is 6.61 Å². The molecule has 0 aliphatic heterocycles. The number of carbonyl (C=O) groups is 1. The van der Waals surface area contributed by atoms with Gasteiger partial charge < -0.3 is 9.47 Å². The molecule has 3 heteroatoms. The number of unbranched alkanes of at least 4 members (excludes halogenated alkanes) is 9. The molecule has 2 aromatic rings. The van der Waals surface area contributed by atoms with Crippen molar-refractivity contribution >= 4 is 5.97 Å². The number of ether oxygens (including phenoxy) is 2. The highest BCUT2D eigenvalue weighted by atomic mass is 16.6. The van der Waals surface area contributed by atoms with E-state index in [0.29, 0.717) is 6.61 Å². The van der Waals surface area contributed by atoms with Gasteiger partial charge in [0.25, 0.3) is 0 Å². The van der Waals surface area contributed by atoms with Crippen LogP contribution in [0.5, 0.6) is 0 Å². The molecule has 0 unspecified atom stereocenters. The van der Waals surface area contributed by atoms with Crippen LogP contribution in [0.3, 0.4) is 0 Å². The number of benzene rings is 2. The quantitative estimate of drug-likeness (QED) is 0.216. The lowest BCUT2D eigenvalue weighted by Gasteiger charge is -2.18. The second-order valence-corrected chi connectivity index (χ2v) is 7.91. The van der Waals surface area contributed by atoms with Crippen LogP contribution < -0.4 is 0 Å². The molecule has 0 bridgehead atoms. The van der Waals surface area contributed by atoms with E-state index in [9.17, 15) is 4.79 Å². The summed E-state index contributed by atoms with van der Waals surface area (Å²) in [6.45, 7) is 2.70. The lowest BCUT2D eigenvalue weighted by atomic mass is 10.0. The highest BCUT2D eigenvalue weighted by Crippen LogP contribution is 2.25. The molecule has 0 saturated carbocycles. The number of hydrogen-bond donors (Lipinski definition) is 0. The van der Waals surface area contributed by atoms with Crippen LogP contribution in [0.2, 0.25) is 0 Å². The molecule has 30 heavy (non-hydrogen) atoms. The van der Waals surface area contributed by atoms with Gasteiger partial charge in [0.2, 0.25) is 0 Å². The summed E-state index contributed by atoms with van der Waals surface area (Å²) >= 11 is 0. The summed E-state index contributed by atoms with van der Waals surface area (Å²) in [5.41, 5.74) is 2.07. The van der Waals surface area contributed by atoms with E-state index < -0.39 is 0 Å². The van der Waals surface area contributed by atoms with Gasteiger partial charge in [-0.05, 0) is 17.5 Å². The first-order valence-electron chi connectivity index (χ1n) is 11.7. The van der Waals surface area contributed by atoms with Crippen LogP contribution in [0, 0.1) is 0 Å². The standard InChI is InChI=1S/C27H38O3/c1-2-3-4-5-6-7-8-9-10-17-22-29-26(28)23-30-27(24-18-13-11-14-19-24)25-20-15-12-16-21-25/h11-16,18-21,27H,2-10,17,22-23H2,1H3. The summed E-state index contributed by atoms with van der Waals surface area (Å²) < 4.78 is 11.3. The van der Waals surface area contributed by atoms with E-state index in [1.165, 1.54) is 51.4 Å². The van der Waals surface area contributed by atoms with E-state index >= 15 is 0 Å². The van der Waals surface area contributed by atoms with Crippen LogP contribution in [-0.4, -0.2) is 19.2 Å². The molecule has 0 aromatic heterocycles. The van der Waals surface area contributed by atoms with Crippen LogP contribution >= 0.6 is 0 Å². The van der Waals surface area contributed by atoms with Crippen LogP contribution in [-0.2, 0) is 14.3 Å². The minimum Gasteiger partial charge on any atom is -0.464 e. The van der Waals surface area contributed by atoms with Gasteiger partial charge in [-0.3, -0.25) is 0 Å². The fourth-order valence-corrected chi connectivity index (χ4v) is 3.61. The molecule has 0 heterocycles. The topological polar surface area (TPSA) is 35.5 Å². The van der Waals surface area contributed by atoms with Crippen molar-refractivity contribution in [3.05, 3.63) is 71.8 Å². The minimum absolute atomic E-state index is 0.0355. The van der Waals surface area contributed by atoms with Crippen molar-refractivity contribution in [3.63, 3.8) is 0 Å². The van der Waals surface area contributed by atoms with E-state index in [1.54, 1.807) is 0 Å². The monoisotopic (exact) mass is 410 g/mol. The Bertz CT molecular complexity index is 630. The van der Waals surface area contributed by atoms with Gasteiger partial charge in [-0.25, -0.2) is 4.79 Å². The van der Waals surface area contributed by atoms with Crippen LogP contribution in [0.1, 0.15) is 88.4 Å². The second kappa shape index (κ2) is 15.7. The predicted molar refractivity (Wildman–Crippen MR) is 123 cm³/mol. The average Bonchev–Trinajstić information content (AvgIpc) is 2.79. The Labute approximate surface area is 182 Å². The minimum atomic E-state index is -0.289. The van der Waals surface area contributed by atoms with Crippen molar-refractivity contribution in [1.82, 2.24) is 0 Å². The van der Waals surface area contributed by atoms with Crippen molar-refractivity contribution in [2.24, 2.45) is 0 Å². The first kappa shape index (κ1) is 24.1. The molecule has 2 rings (SSSR count). The zero-order valence-electron chi connectivity index (χ0n) is 18.6. The maximum atomic E-state index is 12.1. The van der Waals surface area contributed by atoms with Gasteiger partial charge in [0, 0.05) is 0 Å².